The molecule has 0 saturated heterocycles. The van der Waals surface area contributed by atoms with E-state index in [1.807, 2.05) is 37.3 Å². The van der Waals surface area contributed by atoms with Crippen LogP contribution in [0.4, 0.5) is 16.2 Å². The molecule has 3 aromatic rings. The van der Waals surface area contributed by atoms with Gasteiger partial charge < -0.3 is 15.4 Å². The average molecular weight is 557 g/mol. The number of nitrogens with zero attached hydrogens (tertiary/aromatic N) is 2. The fourth-order valence-corrected chi connectivity index (χ4v) is 4.71. The minimum Gasteiger partial charge on any atom is -0.463 e. The summed E-state index contributed by atoms with van der Waals surface area (Å²) >= 11 is 0. The third-order valence-corrected chi connectivity index (χ3v) is 6.75. The molecular weight excluding hydrogens is 524 g/mol. The molecule has 1 heterocycles. The predicted octanol–water partition coefficient (Wildman–Crippen LogP) is 6.00. The van der Waals surface area contributed by atoms with E-state index in [0.717, 1.165) is 12.8 Å². The summed E-state index contributed by atoms with van der Waals surface area (Å²) in [5.41, 5.74) is 2.84. The normalized spacial score (nSPS) is 14.9. The molecule has 2 N–H and O–H groups in total. The molecule has 4 rings (SSSR count). The number of hydrogen-bond acceptors (Lipinski definition) is 6. The van der Waals surface area contributed by atoms with Crippen LogP contribution in [-0.4, -0.2) is 40.9 Å². The fourth-order valence-electron chi connectivity index (χ4n) is 4.71. The van der Waals surface area contributed by atoms with Crippen LogP contribution >= 0.6 is 0 Å². The molecule has 41 heavy (non-hydrogen) atoms. The van der Waals surface area contributed by atoms with E-state index < -0.39 is 22.8 Å². The van der Waals surface area contributed by atoms with E-state index >= 15 is 0 Å². The lowest BCUT2D eigenvalue weighted by atomic mass is 9.91. The zero-order chi connectivity index (χ0) is 29.5. The molecule has 1 aliphatic heterocycles. The van der Waals surface area contributed by atoms with E-state index in [-0.39, 0.29) is 29.5 Å². The highest BCUT2D eigenvalue weighted by Crippen LogP contribution is 2.37. The first-order valence-electron chi connectivity index (χ1n) is 13.5. The number of nitro groups is 1. The number of urea groups is 1. The molecule has 1 aliphatic rings. The Hall–Kier alpha value is -4.99. The van der Waals surface area contributed by atoms with Gasteiger partial charge >= 0.3 is 12.0 Å². The first kappa shape index (κ1) is 29.0. The van der Waals surface area contributed by atoms with Gasteiger partial charge in [0.25, 0.3) is 11.6 Å². The quantitative estimate of drug-likeness (QED) is 0.179. The van der Waals surface area contributed by atoms with Gasteiger partial charge in [0.15, 0.2) is 0 Å². The number of anilines is 1. The number of rotatable bonds is 10. The summed E-state index contributed by atoms with van der Waals surface area (Å²) in [6, 6.07) is 19.1. The third-order valence-electron chi connectivity index (χ3n) is 6.75. The van der Waals surface area contributed by atoms with Crippen molar-refractivity contribution in [2.45, 2.75) is 39.7 Å². The van der Waals surface area contributed by atoms with Crippen molar-refractivity contribution >= 4 is 35.0 Å². The van der Waals surface area contributed by atoms with Gasteiger partial charge in [0.2, 0.25) is 0 Å². The summed E-state index contributed by atoms with van der Waals surface area (Å²) in [6.07, 6.45) is 1.60. The number of unbranched alkanes of at least 4 members (excludes halogenated alkanes) is 1. The Kier molecular flexibility index (Phi) is 9.13. The summed E-state index contributed by atoms with van der Waals surface area (Å²) in [4.78, 5) is 52.3. The lowest BCUT2D eigenvalue weighted by molar-refractivity contribution is -0.385. The van der Waals surface area contributed by atoms with E-state index in [1.165, 1.54) is 18.2 Å². The first-order chi connectivity index (χ1) is 19.7. The molecular formula is C31H32N4O6. The predicted molar refractivity (Wildman–Crippen MR) is 155 cm³/mol. The van der Waals surface area contributed by atoms with Crippen molar-refractivity contribution in [1.82, 2.24) is 10.2 Å². The summed E-state index contributed by atoms with van der Waals surface area (Å²) in [5, 5.41) is 17.1. The van der Waals surface area contributed by atoms with E-state index in [0.29, 0.717) is 34.6 Å². The van der Waals surface area contributed by atoms with Gasteiger partial charge in [-0.2, -0.15) is 0 Å². The van der Waals surface area contributed by atoms with Gasteiger partial charge in [-0.05, 0) is 49.6 Å². The number of amides is 3. The van der Waals surface area contributed by atoms with Gasteiger partial charge in [0.1, 0.15) is 0 Å². The smallest absolute Gasteiger partial charge is 0.338 e. The summed E-state index contributed by atoms with van der Waals surface area (Å²) < 4.78 is 5.47. The SMILES string of the molecule is CCCCN1C(=O)N[C@H](c2cccc(NC(=O)c3ccc(C)c([N+](=O)[O-])c3)c2)C(C(=O)OCC)=C1c1ccccc1. The number of esters is 1. The second-order valence-electron chi connectivity index (χ2n) is 9.57. The number of carbonyl (C=O) groups excluding carboxylic acids is 3. The van der Waals surface area contributed by atoms with Crippen molar-refractivity contribution in [2.75, 3.05) is 18.5 Å². The number of nitro benzene ring substituents is 1. The van der Waals surface area contributed by atoms with E-state index in [2.05, 4.69) is 10.6 Å². The lowest BCUT2D eigenvalue weighted by Gasteiger charge is -2.37. The van der Waals surface area contributed by atoms with Crippen LogP contribution in [0.25, 0.3) is 5.70 Å². The number of hydrogen-bond donors (Lipinski definition) is 2. The van der Waals surface area contributed by atoms with E-state index in [4.69, 9.17) is 4.74 Å². The van der Waals surface area contributed by atoms with Crippen LogP contribution in [0.5, 0.6) is 0 Å². The van der Waals surface area contributed by atoms with Crippen molar-refractivity contribution < 1.29 is 24.0 Å². The Bertz CT molecular complexity index is 1500. The molecule has 3 amide bonds. The highest BCUT2D eigenvalue weighted by atomic mass is 16.6. The number of benzene rings is 3. The lowest BCUT2D eigenvalue weighted by Crippen LogP contribution is -2.48. The van der Waals surface area contributed by atoms with Crippen molar-refractivity contribution in [1.29, 1.82) is 0 Å². The van der Waals surface area contributed by atoms with Crippen molar-refractivity contribution in [3.8, 4) is 0 Å². The molecule has 0 bridgehead atoms. The van der Waals surface area contributed by atoms with Gasteiger partial charge in [0.05, 0.1) is 28.8 Å². The maximum absolute atomic E-state index is 13.5. The van der Waals surface area contributed by atoms with E-state index in [1.54, 1.807) is 43.0 Å². The minimum absolute atomic E-state index is 0.128. The molecule has 3 aromatic carbocycles. The highest BCUT2D eigenvalue weighted by Gasteiger charge is 2.38. The second kappa shape index (κ2) is 12.9. The van der Waals surface area contributed by atoms with Crippen LogP contribution in [0.1, 0.15) is 59.8 Å². The molecule has 0 saturated carbocycles. The van der Waals surface area contributed by atoms with Gasteiger partial charge in [0, 0.05) is 29.4 Å². The van der Waals surface area contributed by atoms with Crippen LogP contribution in [0.15, 0.2) is 78.4 Å². The maximum Gasteiger partial charge on any atom is 0.338 e. The maximum atomic E-state index is 13.5. The minimum atomic E-state index is -0.855. The van der Waals surface area contributed by atoms with Gasteiger partial charge in [-0.3, -0.25) is 19.8 Å². The number of nitrogens with one attached hydrogen (secondary N) is 2. The molecule has 0 unspecified atom stereocenters. The Morgan fingerprint density at radius 3 is 2.49 bits per heavy atom. The molecule has 0 radical (unpaired) electrons. The molecule has 212 valence electrons. The van der Waals surface area contributed by atoms with Gasteiger partial charge in [-0.1, -0.05) is 61.9 Å². The topological polar surface area (TPSA) is 131 Å². The van der Waals surface area contributed by atoms with Crippen molar-refractivity contribution in [3.05, 3.63) is 111 Å². The van der Waals surface area contributed by atoms with Crippen molar-refractivity contribution in [3.63, 3.8) is 0 Å². The number of carbonyl (C=O) groups is 3. The standard InChI is InChI=1S/C31H32N4O6/c1-4-6-17-34-28(21-11-8-7-9-12-21)26(30(37)41-5-2)27(33-31(34)38)22-13-10-14-24(18-22)32-29(36)23-16-15-20(3)25(19-23)35(39)40/h7-16,18-19,27H,4-6,17H2,1-3H3,(H,32,36)(H,33,38)/t27-/m1/s1. The Balaban J connectivity index is 1.76. The first-order valence-corrected chi connectivity index (χ1v) is 13.5. The largest absolute Gasteiger partial charge is 0.463 e. The van der Waals surface area contributed by atoms with Crippen LogP contribution in [0.3, 0.4) is 0 Å². The van der Waals surface area contributed by atoms with Crippen LogP contribution in [0, 0.1) is 17.0 Å². The third kappa shape index (κ3) is 6.43. The van der Waals surface area contributed by atoms with Gasteiger partial charge in [-0.15, -0.1) is 0 Å². The molecule has 0 fully saturated rings. The fraction of sp³-hybridized carbons (Fsp3) is 0.258. The Morgan fingerprint density at radius 2 is 1.80 bits per heavy atom. The highest BCUT2D eigenvalue weighted by molar-refractivity contribution is 6.06. The Labute approximate surface area is 238 Å². The molecule has 0 aromatic heterocycles. The van der Waals surface area contributed by atoms with Crippen LogP contribution in [0.2, 0.25) is 0 Å². The average Bonchev–Trinajstić information content (AvgIpc) is 2.96. The van der Waals surface area contributed by atoms with Crippen LogP contribution < -0.4 is 10.6 Å². The Morgan fingerprint density at radius 1 is 1.05 bits per heavy atom. The van der Waals surface area contributed by atoms with E-state index in [9.17, 15) is 24.5 Å². The molecule has 0 aliphatic carbocycles. The molecule has 1 atom stereocenters. The zero-order valence-electron chi connectivity index (χ0n) is 23.2. The summed E-state index contributed by atoms with van der Waals surface area (Å²) in [6.45, 7) is 5.91. The van der Waals surface area contributed by atoms with Gasteiger partial charge in [-0.25, -0.2) is 9.59 Å². The summed E-state index contributed by atoms with van der Waals surface area (Å²) in [5.74, 6) is -1.09. The number of aryl methyl sites for hydroxylation is 1. The second-order valence-corrected chi connectivity index (χ2v) is 9.57. The molecule has 10 nitrogen and oxygen atoms in total. The molecule has 10 heteroatoms. The van der Waals surface area contributed by atoms with Crippen molar-refractivity contribution in [2.24, 2.45) is 0 Å². The monoisotopic (exact) mass is 556 g/mol. The van der Waals surface area contributed by atoms with Crippen LogP contribution in [-0.2, 0) is 9.53 Å². The zero-order valence-corrected chi connectivity index (χ0v) is 23.2. The number of ether oxygens (including phenoxy) is 1. The summed E-state index contributed by atoms with van der Waals surface area (Å²) in [7, 11) is 0. The molecule has 0 spiro atoms.